The average molecular weight is 745 g/mol. The van der Waals surface area contributed by atoms with Gasteiger partial charge in [-0.05, 0) is 54.8 Å². The normalized spacial score (nSPS) is 11.2. The lowest BCUT2D eigenvalue weighted by atomic mass is 10.2. The lowest BCUT2D eigenvalue weighted by molar-refractivity contribution is -0.605. The quantitative estimate of drug-likeness (QED) is 0.0933. The molecule has 0 atom stereocenters. The molecule has 0 radical (unpaired) electrons. The van der Waals surface area contributed by atoms with Crippen LogP contribution in [0.25, 0.3) is 23.0 Å². The molecule has 0 bridgehead atoms. The predicted octanol–water partition coefficient (Wildman–Crippen LogP) is 6.38. The highest BCUT2D eigenvalue weighted by molar-refractivity contribution is 5.68. The molecule has 4 aliphatic heterocycles. The number of anilines is 2. The standard InChI is InChI=1S/C24H28N6O2.C16H20N6O/c1-5-26-23-21-24(29-22(28-21)16(2)3)30(15-27-23)13-18-6-7-19(31-4)20(12-18)32-14-17-8-10-25-11-9-17;1-4-17-15-13-16(20-14(19-13)11(2)3)21(10-18-15)9-12-5-7-22(23)8-6-12/h6-12,15-16,26H,5,13-14H2,1-4H3;5-8,10-11,17H,4,9H2,1-3H3. The summed E-state index contributed by atoms with van der Waals surface area (Å²) >= 11 is 0. The Morgan fingerprint density at radius 1 is 0.691 bits per heavy atom. The summed E-state index contributed by atoms with van der Waals surface area (Å²) < 4.78 is 16.3. The SMILES string of the molecule is CCNc1ncn(Cc2cc[n+]([O-])cc2)c2nc(C(C)C)nc1-2.CCNc1ncn(Cc2ccc(OC)c(OCc3ccncc3)c2)c2nc(C(C)C)nc1-2. The van der Waals surface area contributed by atoms with Gasteiger partial charge in [0.1, 0.15) is 18.3 Å². The van der Waals surface area contributed by atoms with Crippen molar-refractivity contribution in [2.24, 2.45) is 0 Å². The van der Waals surface area contributed by atoms with E-state index in [2.05, 4.69) is 63.2 Å². The zero-order valence-electron chi connectivity index (χ0n) is 32.4. The molecule has 0 aliphatic carbocycles. The number of fused-ring (bicyclic) bond motifs is 2. The number of nitrogens with one attached hydrogen (secondary N) is 2. The summed E-state index contributed by atoms with van der Waals surface area (Å²) in [6.45, 7) is 15.6. The molecule has 0 amide bonds. The summed E-state index contributed by atoms with van der Waals surface area (Å²) in [6.07, 6.45) is 10.1. The van der Waals surface area contributed by atoms with Crippen LogP contribution in [-0.4, -0.2) is 64.2 Å². The van der Waals surface area contributed by atoms with Crippen LogP contribution >= 0.6 is 0 Å². The van der Waals surface area contributed by atoms with Gasteiger partial charge < -0.3 is 34.4 Å². The highest BCUT2D eigenvalue weighted by atomic mass is 16.5. The van der Waals surface area contributed by atoms with Crippen molar-refractivity contribution in [3.63, 3.8) is 0 Å². The molecule has 3 aromatic rings. The summed E-state index contributed by atoms with van der Waals surface area (Å²) in [5, 5.41) is 17.7. The second kappa shape index (κ2) is 17.6. The van der Waals surface area contributed by atoms with Crippen molar-refractivity contribution in [1.29, 1.82) is 0 Å². The molecular weight excluding hydrogens is 697 g/mol. The molecule has 15 nitrogen and oxygen atoms in total. The lowest BCUT2D eigenvalue weighted by Gasteiger charge is -2.15. The van der Waals surface area contributed by atoms with Crippen molar-refractivity contribution in [3.05, 3.63) is 113 Å². The van der Waals surface area contributed by atoms with Crippen LogP contribution in [0.1, 0.15) is 81.7 Å². The molecule has 0 unspecified atom stereocenters. The zero-order chi connectivity index (χ0) is 38.9. The monoisotopic (exact) mass is 744 g/mol. The largest absolute Gasteiger partial charge is 0.619 e. The van der Waals surface area contributed by atoms with Crippen molar-refractivity contribution >= 4 is 11.6 Å². The zero-order valence-corrected chi connectivity index (χ0v) is 32.4. The molecule has 1 aromatic carbocycles. The van der Waals surface area contributed by atoms with E-state index in [0.29, 0.717) is 31.2 Å². The number of ether oxygens (including phenoxy) is 2. The Kier molecular flexibility index (Phi) is 12.3. The van der Waals surface area contributed by atoms with Gasteiger partial charge in [-0.15, -0.1) is 0 Å². The maximum atomic E-state index is 11.1. The molecule has 286 valence electrons. The molecule has 6 heterocycles. The average Bonchev–Trinajstić information content (AvgIpc) is 3.86. The van der Waals surface area contributed by atoms with E-state index in [0.717, 1.165) is 80.8 Å². The van der Waals surface area contributed by atoms with Gasteiger partial charge in [0.05, 0.1) is 32.9 Å². The molecule has 0 saturated heterocycles. The fourth-order valence-corrected chi connectivity index (χ4v) is 5.76. The Morgan fingerprint density at radius 2 is 1.24 bits per heavy atom. The van der Waals surface area contributed by atoms with E-state index in [4.69, 9.17) is 19.4 Å². The molecule has 2 N–H and O–H groups in total. The van der Waals surface area contributed by atoms with Gasteiger partial charge in [0.15, 0.2) is 58.6 Å². The maximum Gasteiger partial charge on any atom is 0.180 e. The summed E-state index contributed by atoms with van der Waals surface area (Å²) in [5.74, 6) is 6.62. The number of benzene rings is 1. The minimum Gasteiger partial charge on any atom is -0.619 e. The third-order valence-corrected chi connectivity index (χ3v) is 8.63. The fraction of sp³-hybridized carbons (Fsp3) is 0.350. The molecule has 0 fully saturated rings. The topological polar surface area (TPSA) is 170 Å². The lowest BCUT2D eigenvalue weighted by Crippen LogP contribution is -2.24. The number of hydrogen-bond donors (Lipinski definition) is 2. The summed E-state index contributed by atoms with van der Waals surface area (Å²) in [7, 11) is 1.64. The highest BCUT2D eigenvalue weighted by Gasteiger charge is 2.23. The van der Waals surface area contributed by atoms with Gasteiger partial charge >= 0.3 is 0 Å². The Labute approximate surface area is 321 Å². The summed E-state index contributed by atoms with van der Waals surface area (Å²) in [6, 6.07) is 13.4. The first-order valence-electron chi connectivity index (χ1n) is 18.5. The van der Waals surface area contributed by atoms with E-state index in [1.54, 1.807) is 44.3 Å². The number of nitrogens with zero attached hydrogens (tertiary/aromatic N) is 10. The second-order valence-corrected chi connectivity index (χ2v) is 13.5. The van der Waals surface area contributed by atoms with E-state index in [-0.39, 0.29) is 11.8 Å². The van der Waals surface area contributed by atoms with Crippen molar-refractivity contribution in [2.45, 2.75) is 73.1 Å². The van der Waals surface area contributed by atoms with Crippen molar-refractivity contribution in [1.82, 2.24) is 44.0 Å². The van der Waals surface area contributed by atoms with Crippen molar-refractivity contribution in [3.8, 4) is 34.5 Å². The van der Waals surface area contributed by atoms with Crippen LogP contribution in [0.2, 0.25) is 0 Å². The minimum atomic E-state index is 0.236. The third-order valence-electron chi connectivity index (χ3n) is 8.63. The van der Waals surface area contributed by atoms with Gasteiger partial charge in [0.25, 0.3) is 0 Å². The second-order valence-electron chi connectivity index (χ2n) is 13.5. The molecule has 55 heavy (non-hydrogen) atoms. The van der Waals surface area contributed by atoms with E-state index < -0.39 is 0 Å². The Hall–Kier alpha value is -6.38. The Morgan fingerprint density at radius 3 is 1.75 bits per heavy atom. The first kappa shape index (κ1) is 38.3. The van der Waals surface area contributed by atoms with Gasteiger partial charge in [-0.2, -0.15) is 4.73 Å². The van der Waals surface area contributed by atoms with Gasteiger partial charge in [0, 0.05) is 49.5 Å². The number of imidazole rings is 2. The maximum absolute atomic E-state index is 11.1. The number of aromatic nitrogens is 10. The smallest absolute Gasteiger partial charge is 0.180 e. The summed E-state index contributed by atoms with van der Waals surface area (Å²) in [5.41, 5.74) is 4.68. The van der Waals surface area contributed by atoms with Crippen LogP contribution < -0.4 is 24.8 Å². The first-order valence-corrected chi connectivity index (χ1v) is 18.5. The molecule has 4 aliphatic rings. The van der Waals surface area contributed by atoms with Crippen LogP contribution in [0.5, 0.6) is 11.5 Å². The van der Waals surface area contributed by atoms with Gasteiger partial charge in [-0.1, -0.05) is 33.8 Å². The Bertz CT molecular complexity index is 2220. The van der Waals surface area contributed by atoms with Crippen molar-refractivity contribution < 1.29 is 14.2 Å². The van der Waals surface area contributed by atoms with Crippen LogP contribution in [0.4, 0.5) is 11.6 Å². The highest BCUT2D eigenvalue weighted by Crippen LogP contribution is 2.32. The van der Waals surface area contributed by atoms with Crippen molar-refractivity contribution in [2.75, 3.05) is 30.8 Å². The molecule has 0 spiro atoms. The van der Waals surface area contributed by atoms with Crippen LogP contribution in [0.15, 0.2) is 79.9 Å². The minimum absolute atomic E-state index is 0.236. The number of methoxy groups -OCH3 is 1. The Balaban J connectivity index is 0.000000197. The number of pyridine rings is 2. The van der Waals surface area contributed by atoms with Crippen LogP contribution in [0.3, 0.4) is 0 Å². The van der Waals surface area contributed by atoms with Gasteiger partial charge in [-0.3, -0.25) is 4.98 Å². The van der Waals surface area contributed by atoms with Crippen LogP contribution in [0, 0.1) is 5.21 Å². The fourth-order valence-electron chi connectivity index (χ4n) is 5.76. The molecule has 0 saturated carbocycles. The van der Waals surface area contributed by atoms with Gasteiger partial charge in [0.2, 0.25) is 0 Å². The first-order chi connectivity index (χ1) is 26.7. The molecule has 7 rings (SSSR count). The number of hydrogen-bond acceptors (Lipinski definition) is 12. The van der Waals surface area contributed by atoms with E-state index in [1.807, 2.05) is 53.3 Å². The molecular formula is C40H48N12O3. The van der Waals surface area contributed by atoms with E-state index in [1.165, 1.54) is 12.4 Å². The van der Waals surface area contributed by atoms with Crippen LogP contribution in [-0.2, 0) is 19.7 Å². The summed E-state index contributed by atoms with van der Waals surface area (Å²) in [4.78, 5) is 31.9. The molecule has 15 heteroatoms. The predicted molar refractivity (Wildman–Crippen MR) is 211 cm³/mol. The van der Waals surface area contributed by atoms with Gasteiger partial charge in [-0.25, -0.2) is 29.9 Å². The van der Waals surface area contributed by atoms with E-state index in [9.17, 15) is 5.21 Å². The number of rotatable bonds is 14. The third kappa shape index (κ3) is 9.23. The van der Waals surface area contributed by atoms with E-state index >= 15 is 0 Å². The molecule has 2 aromatic heterocycles.